The van der Waals surface area contributed by atoms with Crippen molar-refractivity contribution in [2.45, 2.75) is 38.3 Å². The standard InChI is InChI=1S/C29H33FN2O3/c1-3-35-29(33)27(34-2)21-22-11-10-16-26(28(22)30)31-19-17-25(18-20-31)32(23-12-6-4-7-13-23)24-14-8-5-9-15-24/h4-16,25,27H,3,17-21H2,1-2H3. The Morgan fingerprint density at radius 3 is 2.11 bits per heavy atom. The van der Waals surface area contributed by atoms with E-state index >= 15 is 4.39 Å². The van der Waals surface area contributed by atoms with Gasteiger partial charge in [-0.2, -0.15) is 0 Å². The van der Waals surface area contributed by atoms with Crippen molar-refractivity contribution >= 4 is 23.0 Å². The maximum atomic E-state index is 15.5. The molecule has 1 fully saturated rings. The predicted octanol–water partition coefficient (Wildman–Crippen LogP) is 5.75. The van der Waals surface area contributed by atoms with Gasteiger partial charge in [-0.25, -0.2) is 9.18 Å². The van der Waals surface area contributed by atoms with Crippen LogP contribution in [0.15, 0.2) is 78.9 Å². The van der Waals surface area contributed by atoms with Gasteiger partial charge in [-0.3, -0.25) is 0 Å². The number of anilines is 3. The predicted molar refractivity (Wildman–Crippen MR) is 138 cm³/mol. The molecule has 184 valence electrons. The number of carbonyl (C=O) groups is 1. The second-order valence-electron chi connectivity index (χ2n) is 8.69. The van der Waals surface area contributed by atoms with Crippen molar-refractivity contribution in [3.63, 3.8) is 0 Å². The summed E-state index contributed by atoms with van der Waals surface area (Å²) in [6.07, 6.45) is 1.12. The number of esters is 1. The Hall–Kier alpha value is -3.38. The number of ether oxygens (including phenoxy) is 2. The number of carbonyl (C=O) groups excluding carboxylic acids is 1. The number of hydrogen-bond donors (Lipinski definition) is 0. The van der Waals surface area contributed by atoms with Gasteiger partial charge in [0.25, 0.3) is 0 Å². The van der Waals surface area contributed by atoms with Crippen LogP contribution in [0, 0.1) is 5.82 Å². The van der Waals surface area contributed by atoms with E-state index in [1.807, 2.05) is 24.3 Å². The molecule has 1 aliphatic heterocycles. The number of hydrogen-bond acceptors (Lipinski definition) is 5. The van der Waals surface area contributed by atoms with E-state index in [0.29, 0.717) is 17.3 Å². The van der Waals surface area contributed by atoms with E-state index in [9.17, 15) is 4.79 Å². The zero-order valence-corrected chi connectivity index (χ0v) is 20.4. The van der Waals surface area contributed by atoms with Gasteiger partial charge < -0.3 is 19.3 Å². The van der Waals surface area contributed by atoms with Crippen LogP contribution >= 0.6 is 0 Å². The number of halogens is 1. The van der Waals surface area contributed by atoms with Crippen LogP contribution in [-0.4, -0.2) is 44.9 Å². The Balaban J connectivity index is 1.49. The molecule has 1 unspecified atom stereocenters. The third kappa shape index (κ3) is 5.82. The Labute approximate surface area is 207 Å². The molecule has 1 aliphatic rings. The smallest absolute Gasteiger partial charge is 0.335 e. The summed E-state index contributed by atoms with van der Waals surface area (Å²) in [5.74, 6) is -0.761. The first kappa shape index (κ1) is 24.7. The van der Waals surface area contributed by atoms with Crippen LogP contribution in [0.5, 0.6) is 0 Å². The van der Waals surface area contributed by atoms with Crippen molar-refractivity contribution in [1.29, 1.82) is 0 Å². The summed E-state index contributed by atoms with van der Waals surface area (Å²) in [5, 5.41) is 0. The van der Waals surface area contributed by atoms with Gasteiger partial charge in [0, 0.05) is 44.0 Å². The molecule has 0 saturated carbocycles. The lowest BCUT2D eigenvalue weighted by Gasteiger charge is -2.41. The van der Waals surface area contributed by atoms with E-state index in [0.717, 1.165) is 37.3 Å². The Morgan fingerprint density at radius 2 is 1.57 bits per heavy atom. The highest BCUT2D eigenvalue weighted by atomic mass is 19.1. The molecular formula is C29H33FN2O3. The first-order valence-corrected chi connectivity index (χ1v) is 12.2. The van der Waals surface area contributed by atoms with Crippen LogP contribution in [-0.2, 0) is 20.7 Å². The normalized spacial score (nSPS) is 15.0. The molecule has 0 amide bonds. The lowest BCUT2D eigenvalue weighted by Crippen LogP contribution is -2.43. The lowest BCUT2D eigenvalue weighted by molar-refractivity contribution is -0.154. The van der Waals surface area contributed by atoms with Crippen molar-refractivity contribution < 1.29 is 18.7 Å². The SMILES string of the molecule is CCOC(=O)C(Cc1cccc(N2CCC(N(c3ccccc3)c3ccccc3)CC2)c1F)OC. The minimum Gasteiger partial charge on any atom is -0.464 e. The topological polar surface area (TPSA) is 42.0 Å². The average Bonchev–Trinajstić information content (AvgIpc) is 2.90. The van der Waals surface area contributed by atoms with Crippen molar-refractivity contribution in [2.75, 3.05) is 36.6 Å². The van der Waals surface area contributed by atoms with E-state index in [2.05, 4.69) is 58.3 Å². The fraction of sp³-hybridized carbons (Fsp3) is 0.345. The molecule has 0 radical (unpaired) electrons. The average molecular weight is 477 g/mol. The summed E-state index contributed by atoms with van der Waals surface area (Å²) >= 11 is 0. The second-order valence-corrected chi connectivity index (χ2v) is 8.69. The second kappa shape index (κ2) is 11.8. The third-order valence-electron chi connectivity index (χ3n) is 6.54. The number of para-hydroxylation sites is 2. The van der Waals surface area contributed by atoms with Crippen molar-refractivity contribution in [2.24, 2.45) is 0 Å². The maximum absolute atomic E-state index is 15.5. The fourth-order valence-electron chi connectivity index (χ4n) is 4.78. The maximum Gasteiger partial charge on any atom is 0.335 e. The van der Waals surface area contributed by atoms with E-state index in [1.165, 1.54) is 7.11 Å². The first-order chi connectivity index (χ1) is 17.1. The molecule has 0 spiro atoms. The van der Waals surface area contributed by atoms with Gasteiger partial charge in [0.2, 0.25) is 0 Å². The molecule has 5 nitrogen and oxygen atoms in total. The van der Waals surface area contributed by atoms with Gasteiger partial charge in [0.1, 0.15) is 5.82 Å². The number of piperidine rings is 1. The molecule has 35 heavy (non-hydrogen) atoms. The molecule has 0 aliphatic carbocycles. The highest BCUT2D eigenvalue weighted by Crippen LogP contribution is 2.34. The molecule has 4 rings (SSSR count). The summed E-state index contributed by atoms with van der Waals surface area (Å²) in [7, 11) is 1.44. The number of methoxy groups -OCH3 is 1. The highest BCUT2D eigenvalue weighted by Gasteiger charge is 2.28. The summed E-state index contributed by atoms with van der Waals surface area (Å²) in [5.41, 5.74) is 3.36. The van der Waals surface area contributed by atoms with Crippen LogP contribution < -0.4 is 9.80 Å². The first-order valence-electron chi connectivity index (χ1n) is 12.2. The molecule has 6 heteroatoms. The number of nitrogens with zero attached hydrogens (tertiary/aromatic N) is 2. The zero-order valence-electron chi connectivity index (χ0n) is 20.4. The minimum absolute atomic E-state index is 0.140. The van der Waals surface area contributed by atoms with Gasteiger partial charge in [0.15, 0.2) is 6.10 Å². The van der Waals surface area contributed by atoms with E-state index in [1.54, 1.807) is 13.0 Å². The molecule has 1 saturated heterocycles. The van der Waals surface area contributed by atoms with Gasteiger partial charge in [-0.1, -0.05) is 48.5 Å². The molecule has 0 aromatic heterocycles. The van der Waals surface area contributed by atoms with Gasteiger partial charge in [-0.05, 0) is 55.7 Å². The van der Waals surface area contributed by atoms with Crippen molar-refractivity contribution in [3.05, 3.63) is 90.2 Å². The van der Waals surface area contributed by atoms with Crippen LogP contribution in [0.2, 0.25) is 0 Å². The summed E-state index contributed by atoms with van der Waals surface area (Å²) in [6, 6.07) is 26.5. The van der Waals surface area contributed by atoms with Crippen LogP contribution in [0.1, 0.15) is 25.3 Å². The number of rotatable bonds is 9. The third-order valence-corrected chi connectivity index (χ3v) is 6.54. The zero-order chi connectivity index (χ0) is 24.6. The Morgan fingerprint density at radius 1 is 0.971 bits per heavy atom. The molecule has 1 heterocycles. The van der Waals surface area contributed by atoms with Crippen LogP contribution in [0.4, 0.5) is 21.5 Å². The number of benzene rings is 3. The van der Waals surface area contributed by atoms with Crippen LogP contribution in [0.25, 0.3) is 0 Å². The molecular weight excluding hydrogens is 443 g/mol. The van der Waals surface area contributed by atoms with E-state index in [4.69, 9.17) is 9.47 Å². The molecule has 3 aromatic rings. The Bertz CT molecular complexity index is 1050. The van der Waals surface area contributed by atoms with Gasteiger partial charge in [-0.15, -0.1) is 0 Å². The van der Waals surface area contributed by atoms with Gasteiger partial charge >= 0.3 is 5.97 Å². The quantitative estimate of drug-likeness (QED) is 0.368. The Kier molecular flexibility index (Phi) is 8.37. The van der Waals surface area contributed by atoms with E-state index < -0.39 is 12.1 Å². The fourth-order valence-corrected chi connectivity index (χ4v) is 4.78. The minimum atomic E-state index is -0.823. The van der Waals surface area contributed by atoms with Crippen LogP contribution in [0.3, 0.4) is 0 Å². The molecule has 3 aromatic carbocycles. The van der Waals surface area contributed by atoms with Gasteiger partial charge in [0.05, 0.1) is 12.3 Å². The molecule has 1 atom stereocenters. The van der Waals surface area contributed by atoms with Crippen molar-refractivity contribution in [1.82, 2.24) is 0 Å². The lowest BCUT2D eigenvalue weighted by atomic mass is 9.99. The largest absolute Gasteiger partial charge is 0.464 e. The van der Waals surface area contributed by atoms with E-state index in [-0.39, 0.29) is 18.8 Å². The highest BCUT2D eigenvalue weighted by molar-refractivity contribution is 5.75. The summed E-state index contributed by atoms with van der Waals surface area (Å²) < 4.78 is 25.9. The van der Waals surface area contributed by atoms with Crippen molar-refractivity contribution in [3.8, 4) is 0 Å². The monoisotopic (exact) mass is 476 g/mol. The molecule has 0 bridgehead atoms. The molecule has 0 N–H and O–H groups in total. The summed E-state index contributed by atoms with van der Waals surface area (Å²) in [6.45, 7) is 3.49. The summed E-state index contributed by atoms with van der Waals surface area (Å²) in [4.78, 5) is 16.6.